The smallest absolute Gasteiger partial charge is 0.335 e. The molecule has 4 amide bonds. The summed E-state index contributed by atoms with van der Waals surface area (Å²) in [6, 6.07) is 14.0. The number of rotatable bonds is 3. The average molecular weight is 375 g/mol. The molecule has 2 fully saturated rings. The van der Waals surface area contributed by atoms with Crippen LogP contribution in [-0.4, -0.2) is 30.9 Å². The molecule has 0 aromatic heterocycles. The Balaban J connectivity index is 1.62. The van der Waals surface area contributed by atoms with E-state index in [4.69, 9.17) is 0 Å². The first-order chi connectivity index (χ1) is 13.5. The molecule has 0 radical (unpaired) electrons. The number of nitrogens with zero attached hydrogens (tertiary/aromatic N) is 2. The topological polar surface area (TPSA) is 69.7 Å². The molecule has 0 atom stereocenters. The molecule has 4 rings (SSSR count). The molecule has 0 spiro atoms. The highest BCUT2D eigenvalue weighted by atomic mass is 16.2. The molecule has 6 nitrogen and oxygen atoms in total. The maximum atomic E-state index is 12.9. The second kappa shape index (κ2) is 7.31. The van der Waals surface area contributed by atoms with Crippen molar-refractivity contribution < 1.29 is 14.4 Å². The number of hydrogen-bond donors (Lipinski definition) is 1. The maximum absolute atomic E-state index is 12.9. The minimum absolute atomic E-state index is 0.0610. The number of nitrogens with one attached hydrogen (secondary N) is 1. The van der Waals surface area contributed by atoms with Crippen LogP contribution < -0.4 is 15.1 Å². The summed E-state index contributed by atoms with van der Waals surface area (Å²) in [5.74, 6) is -1.30. The van der Waals surface area contributed by atoms with Crippen LogP contribution in [0.1, 0.15) is 24.0 Å². The summed E-state index contributed by atoms with van der Waals surface area (Å²) in [5.41, 5.74) is 3.25. The number of anilines is 2. The van der Waals surface area contributed by atoms with Crippen molar-refractivity contribution in [2.45, 2.75) is 19.8 Å². The van der Waals surface area contributed by atoms with Gasteiger partial charge in [-0.2, -0.15) is 0 Å². The first-order valence-electron chi connectivity index (χ1n) is 9.36. The Labute approximate surface area is 163 Å². The SMILES string of the molecule is Cc1ccc(N2C(=O)NC(=O)C(=Cc3ccc(N4CCCC4)cc3)C2=O)cc1. The summed E-state index contributed by atoms with van der Waals surface area (Å²) in [7, 11) is 0. The highest BCUT2D eigenvalue weighted by molar-refractivity contribution is 6.39. The van der Waals surface area contributed by atoms with Gasteiger partial charge in [-0.05, 0) is 55.7 Å². The zero-order valence-corrected chi connectivity index (χ0v) is 15.6. The first kappa shape index (κ1) is 18.0. The fraction of sp³-hybridized carbons (Fsp3) is 0.227. The van der Waals surface area contributed by atoms with Gasteiger partial charge in [0.25, 0.3) is 11.8 Å². The zero-order chi connectivity index (χ0) is 19.7. The van der Waals surface area contributed by atoms with Gasteiger partial charge in [0, 0.05) is 18.8 Å². The molecule has 142 valence electrons. The first-order valence-corrected chi connectivity index (χ1v) is 9.36. The Morgan fingerprint density at radius 1 is 0.857 bits per heavy atom. The van der Waals surface area contributed by atoms with Crippen LogP contribution in [0.25, 0.3) is 6.08 Å². The fourth-order valence-corrected chi connectivity index (χ4v) is 3.51. The molecule has 0 bridgehead atoms. The summed E-state index contributed by atoms with van der Waals surface area (Å²) in [4.78, 5) is 40.7. The Kier molecular flexibility index (Phi) is 4.69. The number of carbonyl (C=O) groups excluding carboxylic acids is 3. The van der Waals surface area contributed by atoms with Crippen LogP contribution >= 0.6 is 0 Å². The number of barbiturate groups is 1. The van der Waals surface area contributed by atoms with Gasteiger partial charge in [-0.15, -0.1) is 0 Å². The molecule has 1 N–H and O–H groups in total. The van der Waals surface area contributed by atoms with E-state index in [1.807, 2.05) is 43.3 Å². The van der Waals surface area contributed by atoms with Crippen LogP contribution in [-0.2, 0) is 9.59 Å². The van der Waals surface area contributed by atoms with Gasteiger partial charge in [-0.1, -0.05) is 29.8 Å². The van der Waals surface area contributed by atoms with Crippen molar-refractivity contribution in [1.29, 1.82) is 0 Å². The molecule has 2 saturated heterocycles. The van der Waals surface area contributed by atoms with Gasteiger partial charge >= 0.3 is 6.03 Å². The van der Waals surface area contributed by atoms with Gasteiger partial charge in [0.15, 0.2) is 0 Å². The molecule has 2 aromatic rings. The summed E-state index contributed by atoms with van der Waals surface area (Å²) in [6.45, 7) is 4.02. The third-order valence-electron chi connectivity index (χ3n) is 5.07. The molecule has 6 heteroatoms. The average Bonchev–Trinajstić information content (AvgIpc) is 3.22. The quantitative estimate of drug-likeness (QED) is 0.660. The lowest BCUT2D eigenvalue weighted by Crippen LogP contribution is -2.54. The van der Waals surface area contributed by atoms with Gasteiger partial charge in [0.05, 0.1) is 5.69 Å². The molecule has 28 heavy (non-hydrogen) atoms. The van der Waals surface area contributed by atoms with Gasteiger partial charge < -0.3 is 4.90 Å². The van der Waals surface area contributed by atoms with E-state index in [1.54, 1.807) is 12.1 Å². The fourth-order valence-electron chi connectivity index (χ4n) is 3.51. The summed E-state index contributed by atoms with van der Waals surface area (Å²) < 4.78 is 0. The molecule has 2 aliphatic heterocycles. The number of aryl methyl sites for hydroxylation is 1. The van der Waals surface area contributed by atoms with Crippen LogP contribution in [0.3, 0.4) is 0 Å². The third-order valence-corrected chi connectivity index (χ3v) is 5.07. The van der Waals surface area contributed by atoms with Gasteiger partial charge in [-0.3, -0.25) is 14.9 Å². The molecular weight excluding hydrogens is 354 g/mol. The highest BCUT2D eigenvalue weighted by Gasteiger charge is 2.36. The number of urea groups is 1. The van der Waals surface area contributed by atoms with Crippen molar-refractivity contribution in [1.82, 2.24) is 5.32 Å². The second-order valence-electron chi connectivity index (χ2n) is 7.08. The molecular formula is C22H21N3O3. The molecule has 2 aliphatic rings. The molecule has 2 aromatic carbocycles. The minimum atomic E-state index is -0.736. The number of benzene rings is 2. The van der Waals surface area contributed by atoms with E-state index in [0.717, 1.165) is 34.8 Å². The number of imide groups is 2. The van der Waals surface area contributed by atoms with E-state index < -0.39 is 17.8 Å². The van der Waals surface area contributed by atoms with Crippen molar-refractivity contribution in [3.05, 3.63) is 65.2 Å². The van der Waals surface area contributed by atoms with Crippen molar-refractivity contribution in [3.63, 3.8) is 0 Å². The van der Waals surface area contributed by atoms with E-state index in [1.165, 1.54) is 18.9 Å². The number of carbonyl (C=O) groups is 3. The maximum Gasteiger partial charge on any atom is 0.335 e. The summed E-state index contributed by atoms with van der Waals surface area (Å²) >= 11 is 0. The van der Waals surface area contributed by atoms with Crippen molar-refractivity contribution in [3.8, 4) is 0 Å². The largest absolute Gasteiger partial charge is 0.372 e. The van der Waals surface area contributed by atoms with E-state index in [9.17, 15) is 14.4 Å². The zero-order valence-electron chi connectivity index (χ0n) is 15.6. The summed E-state index contributed by atoms with van der Waals surface area (Å²) in [5, 5.41) is 2.25. The van der Waals surface area contributed by atoms with E-state index in [0.29, 0.717) is 5.69 Å². The molecule has 0 unspecified atom stereocenters. The van der Waals surface area contributed by atoms with E-state index in [2.05, 4.69) is 10.2 Å². The Morgan fingerprint density at radius 3 is 2.11 bits per heavy atom. The predicted octanol–water partition coefficient (Wildman–Crippen LogP) is 3.26. The molecule has 0 saturated carbocycles. The van der Waals surface area contributed by atoms with Gasteiger partial charge in [-0.25, -0.2) is 9.69 Å². The van der Waals surface area contributed by atoms with E-state index in [-0.39, 0.29) is 5.57 Å². The second-order valence-corrected chi connectivity index (χ2v) is 7.08. The van der Waals surface area contributed by atoms with Gasteiger partial charge in [0.1, 0.15) is 5.57 Å². The van der Waals surface area contributed by atoms with Crippen LogP contribution in [0.15, 0.2) is 54.1 Å². The van der Waals surface area contributed by atoms with Crippen LogP contribution in [0.2, 0.25) is 0 Å². The highest BCUT2D eigenvalue weighted by Crippen LogP contribution is 2.24. The normalized spacial score (nSPS) is 18.8. The number of amides is 4. The molecule has 2 heterocycles. The van der Waals surface area contributed by atoms with Crippen molar-refractivity contribution in [2.24, 2.45) is 0 Å². The lowest BCUT2D eigenvalue weighted by Gasteiger charge is -2.26. The predicted molar refractivity (Wildman–Crippen MR) is 108 cm³/mol. The standard InChI is InChI=1S/C22H21N3O3/c1-15-4-8-18(9-5-15)25-21(27)19(20(26)23-22(25)28)14-16-6-10-17(11-7-16)24-12-2-3-13-24/h4-11,14H,2-3,12-13H2,1H3,(H,23,26,28). The Hall–Kier alpha value is -3.41. The minimum Gasteiger partial charge on any atom is -0.372 e. The number of hydrogen-bond acceptors (Lipinski definition) is 4. The Bertz CT molecular complexity index is 956. The Morgan fingerprint density at radius 2 is 1.46 bits per heavy atom. The third kappa shape index (κ3) is 3.41. The van der Waals surface area contributed by atoms with E-state index >= 15 is 0 Å². The van der Waals surface area contributed by atoms with Crippen LogP contribution in [0.4, 0.5) is 16.2 Å². The van der Waals surface area contributed by atoms with Crippen LogP contribution in [0.5, 0.6) is 0 Å². The summed E-state index contributed by atoms with van der Waals surface area (Å²) in [6.07, 6.45) is 3.92. The van der Waals surface area contributed by atoms with Crippen molar-refractivity contribution >= 4 is 35.3 Å². The molecule has 0 aliphatic carbocycles. The van der Waals surface area contributed by atoms with Crippen molar-refractivity contribution in [2.75, 3.05) is 22.9 Å². The lowest BCUT2D eigenvalue weighted by atomic mass is 10.1. The monoisotopic (exact) mass is 375 g/mol. The van der Waals surface area contributed by atoms with Gasteiger partial charge in [0.2, 0.25) is 0 Å². The lowest BCUT2D eigenvalue weighted by molar-refractivity contribution is -0.122. The van der Waals surface area contributed by atoms with Crippen LogP contribution in [0, 0.1) is 6.92 Å².